The van der Waals surface area contributed by atoms with Crippen LogP contribution in [0.1, 0.15) is 0 Å². The first-order chi connectivity index (χ1) is 13.5. The predicted molar refractivity (Wildman–Crippen MR) is 97.3 cm³/mol. The average Bonchev–Trinajstić information content (AvgIpc) is 3.31. The molecule has 0 aliphatic heterocycles. The van der Waals surface area contributed by atoms with Gasteiger partial charge in [0, 0.05) is 11.1 Å². The van der Waals surface area contributed by atoms with Gasteiger partial charge in [0.15, 0.2) is 6.67 Å². The highest BCUT2D eigenvalue weighted by molar-refractivity contribution is 5.68. The zero-order chi connectivity index (χ0) is 19.7. The van der Waals surface area contributed by atoms with Gasteiger partial charge in [-0.25, -0.2) is 13.5 Å². The van der Waals surface area contributed by atoms with Crippen molar-refractivity contribution in [3.8, 4) is 22.5 Å². The number of nitro groups is 1. The van der Waals surface area contributed by atoms with Gasteiger partial charge in [-0.05, 0) is 59.5 Å². The number of rotatable bonds is 5. The predicted octanol–water partition coefficient (Wildman–Crippen LogP) is 4.11. The lowest BCUT2D eigenvalue weighted by molar-refractivity contribution is -0.389. The summed E-state index contributed by atoms with van der Waals surface area (Å²) in [7, 11) is 0. The van der Waals surface area contributed by atoms with Crippen LogP contribution in [0.25, 0.3) is 22.5 Å². The maximum Gasteiger partial charge on any atom is 0.389 e. The van der Waals surface area contributed by atoms with E-state index >= 15 is 0 Å². The Bertz CT molecular complexity index is 1130. The SMILES string of the molecule is O=[N+]([O-])c1ccn(Cn2nc(-c3ccc(F)cc3)cc2-c2ccc(F)cc2)n1. The summed E-state index contributed by atoms with van der Waals surface area (Å²) in [5, 5.41) is 19.3. The Morgan fingerprint density at radius 2 is 1.50 bits per heavy atom. The summed E-state index contributed by atoms with van der Waals surface area (Å²) in [4.78, 5) is 10.3. The molecule has 4 rings (SSSR count). The summed E-state index contributed by atoms with van der Waals surface area (Å²) in [5.74, 6) is -0.990. The van der Waals surface area contributed by atoms with Crippen molar-refractivity contribution in [2.75, 3.05) is 0 Å². The van der Waals surface area contributed by atoms with Gasteiger partial charge in [-0.3, -0.25) is 0 Å². The lowest BCUT2D eigenvalue weighted by Crippen LogP contribution is -2.11. The first kappa shape index (κ1) is 17.5. The molecule has 2 aromatic carbocycles. The second-order valence-electron chi connectivity index (χ2n) is 6.04. The van der Waals surface area contributed by atoms with Crippen LogP contribution in [0.2, 0.25) is 0 Å². The molecule has 0 spiro atoms. The van der Waals surface area contributed by atoms with E-state index in [0.717, 1.165) is 0 Å². The number of aromatic nitrogens is 4. The Kier molecular flexibility index (Phi) is 4.40. The van der Waals surface area contributed by atoms with Gasteiger partial charge in [-0.2, -0.15) is 9.78 Å². The van der Waals surface area contributed by atoms with Crippen LogP contribution in [-0.2, 0) is 6.67 Å². The zero-order valence-electron chi connectivity index (χ0n) is 14.4. The summed E-state index contributed by atoms with van der Waals surface area (Å²) < 4.78 is 29.5. The molecule has 0 saturated heterocycles. The van der Waals surface area contributed by atoms with Gasteiger partial charge in [0.2, 0.25) is 0 Å². The molecular weight excluding hydrogens is 368 g/mol. The molecule has 0 aliphatic carbocycles. The van der Waals surface area contributed by atoms with Gasteiger partial charge in [0.05, 0.1) is 28.7 Å². The molecule has 0 atom stereocenters. The molecule has 4 aromatic rings. The largest absolute Gasteiger partial charge is 0.389 e. The van der Waals surface area contributed by atoms with Crippen LogP contribution >= 0.6 is 0 Å². The normalized spacial score (nSPS) is 10.9. The zero-order valence-corrected chi connectivity index (χ0v) is 14.4. The Morgan fingerprint density at radius 3 is 2.07 bits per heavy atom. The van der Waals surface area contributed by atoms with Crippen molar-refractivity contribution in [3.63, 3.8) is 0 Å². The number of halogens is 2. The third-order valence-corrected chi connectivity index (χ3v) is 4.15. The number of hydrogen-bond donors (Lipinski definition) is 0. The molecule has 0 aliphatic rings. The maximum absolute atomic E-state index is 13.3. The van der Waals surface area contributed by atoms with E-state index in [-0.39, 0.29) is 24.1 Å². The Balaban J connectivity index is 1.76. The van der Waals surface area contributed by atoms with Crippen LogP contribution in [-0.4, -0.2) is 24.5 Å². The van der Waals surface area contributed by atoms with Crippen molar-refractivity contribution in [1.82, 2.24) is 19.6 Å². The fourth-order valence-electron chi connectivity index (χ4n) is 2.80. The molecule has 0 amide bonds. The van der Waals surface area contributed by atoms with E-state index in [1.807, 2.05) is 0 Å². The van der Waals surface area contributed by atoms with Gasteiger partial charge in [-0.1, -0.05) is 0 Å². The smallest absolute Gasteiger partial charge is 0.358 e. The molecule has 9 heteroatoms. The lowest BCUT2D eigenvalue weighted by atomic mass is 10.1. The van der Waals surface area contributed by atoms with E-state index in [2.05, 4.69) is 10.2 Å². The summed E-state index contributed by atoms with van der Waals surface area (Å²) in [6.45, 7) is 0.113. The molecule has 0 radical (unpaired) electrons. The van der Waals surface area contributed by atoms with Gasteiger partial charge in [0.25, 0.3) is 0 Å². The van der Waals surface area contributed by atoms with Crippen molar-refractivity contribution in [1.29, 1.82) is 0 Å². The molecule has 140 valence electrons. The molecule has 28 heavy (non-hydrogen) atoms. The Labute approximate surface area is 157 Å². The fourth-order valence-corrected chi connectivity index (χ4v) is 2.80. The topological polar surface area (TPSA) is 78.8 Å². The van der Waals surface area contributed by atoms with Crippen molar-refractivity contribution in [2.45, 2.75) is 6.67 Å². The second-order valence-corrected chi connectivity index (χ2v) is 6.04. The standard InChI is InChI=1S/C19H13F2N5O2/c20-15-5-1-13(2-6-15)17-11-18(14-3-7-16(21)8-4-14)25(22-17)12-24-10-9-19(23-24)26(27)28/h1-11H,12H2. The van der Waals surface area contributed by atoms with Crippen LogP contribution in [0.4, 0.5) is 14.6 Å². The van der Waals surface area contributed by atoms with Crippen molar-refractivity contribution in [3.05, 3.63) is 88.6 Å². The van der Waals surface area contributed by atoms with Gasteiger partial charge in [0.1, 0.15) is 11.6 Å². The van der Waals surface area contributed by atoms with Crippen LogP contribution < -0.4 is 0 Å². The molecule has 0 saturated carbocycles. The van der Waals surface area contributed by atoms with Crippen LogP contribution in [0.15, 0.2) is 66.9 Å². The van der Waals surface area contributed by atoms with Crippen LogP contribution in [0.5, 0.6) is 0 Å². The summed E-state index contributed by atoms with van der Waals surface area (Å²) >= 11 is 0. The first-order valence-corrected chi connectivity index (χ1v) is 8.27. The summed E-state index contributed by atoms with van der Waals surface area (Å²) in [6.07, 6.45) is 1.48. The van der Waals surface area contributed by atoms with E-state index in [9.17, 15) is 18.9 Å². The van der Waals surface area contributed by atoms with Crippen LogP contribution in [0, 0.1) is 21.7 Å². The highest BCUT2D eigenvalue weighted by Crippen LogP contribution is 2.27. The number of nitrogens with zero attached hydrogens (tertiary/aromatic N) is 5. The van der Waals surface area contributed by atoms with E-state index < -0.39 is 4.92 Å². The molecule has 0 unspecified atom stereocenters. The maximum atomic E-state index is 13.3. The van der Waals surface area contributed by atoms with Gasteiger partial charge < -0.3 is 10.1 Å². The van der Waals surface area contributed by atoms with E-state index in [4.69, 9.17) is 0 Å². The third-order valence-electron chi connectivity index (χ3n) is 4.15. The average molecular weight is 381 g/mol. The van der Waals surface area contributed by atoms with Crippen molar-refractivity contribution in [2.24, 2.45) is 0 Å². The minimum Gasteiger partial charge on any atom is -0.358 e. The number of benzene rings is 2. The Hall–Kier alpha value is -3.88. The van der Waals surface area contributed by atoms with Gasteiger partial charge in [-0.15, -0.1) is 0 Å². The highest BCUT2D eigenvalue weighted by Gasteiger charge is 2.16. The summed E-state index contributed by atoms with van der Waals surface area (Å²) in [6, 6.07) is 14.9. The molecule has 2 heterocycles. The molecule has 0 fully saturated rings. The minimum atomic E-state index is -0.579. The quantitative estimate of drug-likeness (QED) is 0.385. The van der Waals surface area contributed by atoms with E-state index in [0.29, 0.717) is 22.5 Å². The summed E-state index contributed by atoms with van der Waals surface area (Å²) in [5.41, 5.74) is 2.66. The third kappa shape index (κ3) is 3.50. The second kappa shape index (κ2) is 7.03. The van der Waals surface area contributed by atoms with Gasteiger partial charge >= 0.3 is 5.82 Å². The lowest BCUT2D eigenvalue weighted by Gasteiger charge is -2.06. The molecule has 7 nitrogen and oxygen atoms in total. The molecule has 0 N–H and O–H groups in total. The minimum absolute atomic E-state index is 0.113. The fraction of sp³-hybridized carbons (Fsp3) is 0.0526. The van der Waals surface area contributed by atoms with Crippen molar-refractivity contribution < 1.29 is 13.7 Å². The highest BCUT2D eigenvalue weighted by atomic mass is 19.1. The molecular formula is C19H13F2N5O2. The monoisotopic (exact) mass is 381 g/mol. The number of hydrogen-bond acceptors (Lipinski definition) is 4. The van der Waals surface area contributed by atoms with E-state index in [1.54, 1.807) is 35.0 Å². The molecule has 2 aromatic heterocycles. The van der Waals surface area contributed by atoms with Crippen LogP contribution in [0.3, 0.4) is 0 Å². The van der Waals surface area contributed by atoms with E-state index in [1.165, 1.54) is 41.2 Å². The van der Waals surface area contributed by atoms with Crippen molar-refractivity contribution >= 4 is 5.82 Å². The molecule has 0 bridgehead atoms. The Morgan fingerprint density at radius 1 is 0.893 bits per heavy atom. The first-order valence-electron chi connectivity index (χ1n) is 8.27.